The van der Waals surface area contributed by atoms with Crippen LogP contribution in [0.2, 0.25) is 0 Å². The van der Waals surface area contributed by atoms with E-state index >= 15 is 0 Å². The average molecular weight is 575 g/mol. The minimum atomic E-state index is -0.475. The van der Waals surface area contributed by atoms with Crippen LogP contribution in [0.1, 0.15) is 31.3 Å². The number of nitrogens with one attached hydrogen (secondary N) is 1. The van der Waals surface area contributed by atoms with Gasteiger partial charge in [-0.3, -0.25) is 14.2 Å². The molecular weight excluding hydrogens is 551 g/mol. The summed E-state index contributed by atoms with van der Waals surface area (Å²) in [7, 11) is 0. The summed E-state index contributed by atoms with van der Waals surface area (Å²) in [6.45, 7) is 2.15. The number of carbonyl (C=O) groups excluding carboxylic acids is 2. The Morgan fingerprint density at radius 2 is 1.83 bits per heavy atom. The van der Waals surface area contributed by atoms with E-state index in [9.17, 15) is 14.0 Å². The Hall–Kier alpha value is -5.22. The average Bonchev–Trinajstić information content (AvgIpc) is 3.61. The fourth-order valence-electron chi connectivity index (χ4n) is 5.23. The van der Waals surface area contributed by atoms with E-state index in [2.05, 4.69) is 15.3 Å². The van der Waals surface area contributed by atoms with Gasteiger partial charge in [0.1, 0.15) is 23.7 Å². The molecule has 0 fully saturated rings. The Bertz CT molecular complexity index is 2000. The number of thiophene rings is 1. The van der Waals surface area contributed by atoms with Crippen LogP contribution in [-0.4, -0.2) is 37.9 Å². The van der Waals surface area contributed by atoms with Crippen molar-refractivity contribution in [3.63, 3.8) is 0 Å². The topological polar surface area (TPSA) is 93.0 Å². The molecule has 0 radical (unpaired) electrons. The van der Waals surface area contributed by atoms with E-state index in [0.29, 0.717) is 40.6 Å². The summed E-state index contributed by atoms with van der Waals surface area (Å²) in [5.74, 6) is -0.499. The van der Waals surface area contributed by atoms with Crippen LogP contribution in [0.4, 0.5) is 15.8 Å². The van der Waals surface area contributed by atoms with Gasteiger partial charge in [0, 0.05) is 23.2 Å². The number of aromatic nitrogens is 4. The molecule has 206 valence electrons. The highest BCUT2D eigenvalue weighted by molar-refractivity contribution is 7.17. The number of carbonyl (C=O) groups is 2. The number of fused-ring (bicyclic) bond motifs is 4. The Kier molecular flexibility index (Phi) is 6.32. The monoisotopic (exact) mass is 574 g/mol. The summed E-state index contributed by atoms with van der Waals surface area (Å²) < 4.78 is 16.2. The number of hydrogen-bond acceptors (Lipinski definition) is 6. The summed E-state index contributed by atoms with van der Waals surface area (Å²) in [5.41, 5.74) is 5.08. The molecule has 0 unspecified atom stereocenters. The van der Waals surface area contributed by atoms with Crippen molar-refractivity contribution >= 4 is 45.7 Å². The van der Waals surface area contributed by atoms with Crippen molar-refractivity contribution in [1.29, 1.82) is 0 Å². The molecule has 0 bridgehead atoms. The molecule has 8 nitrogen and oxygen atoms in total. The fourth-order valence-corrected chi connectivity index (χ4v) is 6.37. The molecule has 5 heterocycles. The van der Waals surface area contributed by atoms with Crippen molar-refractivity contribution in [3.8, 4) is 16.3 Å². The Labute approximate surface area is 244 Å². The third-order valence-corrected chi connectivity index (χ3v) is 8.51. The number of pyridine rings is 2. The number of rotatable bonds is 4. The summed E-state index contributed by atoms with van der Waals surface area (Å²) in [6, 6.07) is 23.3. The van der Waals surface area contributed by atoms with Crippen molar-refractivity contribution < 1.29 is 14.0 Å². The van der Waals surface area contributed by atoms with E-state index in [1.807, 2.05) is 53.1 Å². The van der Waals surface area contributed by atoms with Gasteiger partial charge in [-0.2, -0.15) is 0 Å². The van der Waals surface area contributed by atoms with Crippen LogP contribution >= 0.6 is 11.3 Å². The predicted octanol–water partition coefficient (Wildman–Crippen LogP) is 6.45. The fraction of sp³-hybridized carbons (Fsp3) is 0.0938. The maximum atomic E-state index is 14.4. The smallest absolute Gasteiger partial charge is 0.276 e. The lowest BCUT2D eigenvalue weighted by molar-refractivity contribution is 0.0981. The number of hydrogen-bond donors (Lipinski definition) is 1. The second kappa shape index (κ2) is 10.3. The summed E-state index contributed by atoms with van der Waals surface area (Å²) in [5, 5.41) is 2.73. The number of nitrogens with zero attached hydrogens (tertiary/aromatic N) is 5. The van der Waals surface area contributed by atoms with Gasteiger partial charge in [-0.1, -0.05) is 36.4 Å². The zero-order valence-electron chi connectivity index (χ0n) is 22.4. The standard InChI is InChI=1S/C32H23FN6O2S/c1-19-7-4-9-22(33)28(19)37-31(40)26-17-20-14-16-38(24-11-3-2-8-21(24)29(20)42-26)32(41)23-10-5-13-27(36-23)39-18-35-30-25(39)12-6-15-34-30/h2-13,15,17-18H,14,16H2,1H3,(H,37,40). The van der Waals surface area contributed by atoms with Gasteiger partial charge in [0.25, 0.3) is 11.8 Å². The molecule has 10 heteroatoms. The van der Waals surface area contributed by atoms with Gasteiger partial charge in [-0.25, -0.2) is 19.3 Å². The van der Waals surface area contributed by atoms with Crippen molar-refractivity contribution in [1.82, 2.24) is 19.5 Å². The summed E-state index contributed by atoms with van der Waals surface area (Å²) in [4.78, 5) is 43.5. The van der Waals surface area contributed by atoms with Crippen LogP contribution in [-0.2, 0) is 6.42 Å². The van der Waals surface area contributed by atoms with Gasteiger partial charge >= 0.3 is 0 Å². The number of anilines is 2. The van der Waals surface area contributed by atoms with E-state index in [-0.39, 0.29) is 17.5 Å². The van der Waals surface area contributed by atoms with Crippen molar-refractivity contribution in [3.05, 3.63) is 119 Å². The van der Waals surface area contributed by atoms with Gasteiger partial charge in [-0.05, 0) is 66.9 Å². The molecule has 1 N–H and O–H groups in total. The first-order chi connectivity index (χ1) is 20.5. The Balaban J connectivity index is 1.21. The van der Waals surface area contributed by atoms with E-state index < -0.39 is 5.82 Å². The third-order valence-electron chi connectivity index (χ3n) is 7.30. The van der Waals surface area contributed by atoms with Gasteiger partial charge in [0.15, 0.2) is 5.65 Å². The largest absolute Gasteiger partial charge is 0.319 e. The van der Waals surface area contributed by atoms with Gasteiger partial charge in [0.05, 0.1) is 21.8 Å². The molecule has 7 rings (SSSR count). The van der Waals surface area contributed by atoms with Crippen molar-refractivity contribution in [2.75, 3.05) is 16.8 Å². The van der Waals surface area contributed by atoms with Crippen LogP contribution in [0.3, 0.4) is 0 Å². The maximum Gasteiger partial charge on any atom is 0.276 e. The van der Waals surface area contributed by atoms with Gasteiger partial charge in [-0.15, -0.1) is 11.3 Å². The second-order valence-corrected chi connectivity index (χ2v) is 11.0. The van der Waals surface area contributed by atoms with Crippen LogP contribution in [0.25, 0.3) is 27.4 Å². The zero-order chi connectivity index (χ0) is 28.8. The lowest BCUT2D eigenvalue weighted by Crippen LogP contribution is -2.33. The number of benzene rings is 2. The second-order valence-electron chi connectivity index (χ2n) is 9.92. The molecule has 0 saturated carbocycles. The summed E-state index contributed by atoms with van der Waals surface area (Å²) >= 11 is 1.34. The number of halogens is 1. The minimum absolute atomic E-state index is 0.179. The number of aryl methyl sites for hydroxylation is 1. The SMILES string of the molecule is Cc1cccc(F)c1NC(=O)c1cc2c(s1)-c1ccccc1N(C(=O)c1cccc(-n3cnc4ncccc43)n1)CC2. The molecule has 42 heavy (non-hydrogen) atoms. The highest BCUT2D eigenvalue weighted by atomic mass is 32.1. The molecule has 0 aliphatic carbocycles. The van der Waals surface area contributed by atoms with Crippen LogP contribution < -0.4 is 10.2 Å². The minimum Gasteiger partial charge on any atom is -0.319 e. The normalized spacial score (nSPS) is 12.5. The van der Waals surface area contributed by atoms with E-state index in [1.165, 1.54) is 17.4 Å². The third kappa shape index (κ3) is 4.42. The molecule has 2 amide bonds. The lowest BCUT2D eigenvalue weighted by atomic mass is 10.1. The molecule has 0 saturated heterocycles. The van der Waals surface area contributed by atoms with E-state index in [1.54, 1.807) is 48.6 Å². The highest BCUT2D eigenvalue weighted by Crippen LogP contribution is 2.42. The lowest BCUT2D eigenvalue weighted by Gasteiger charge is -2.23. The van der Waals surface area contributed by atoms with E-state index in [0.717, 1.165) is 27.2 Å². The van der Waals surface area contributed by atoms with Crippen LogP contribution in [0.5, 0.6) is 0 Å². The van der Waals surface area contributed by atoms with Crippen LogP contribution in [0, 0.1) is 12.7 Å². The molecule has 2 aromatic carbocycles. The highest BCUT2D eigenvalue weighted by Gasteiger charge is 2.28. The molecular formula is C32H23FN6O2S. The van der Waals surface area contributed by atoms with E-state index in [4.69, 9.17) is 4.98 Å². The molecule has 0 atom stereocenters. The molecule has 6 aromatic rings. The maximum absolute atomic E-state index is 14.4. The molecule has 4 aromatic heterocycles. The van der Waals surface area contributed by atoms with Crippen LogP contribution in [0.15, 0.2) is 91.4 Å². The number of amides is 2. The Morgan fingerprint density at radius 1 is 0.976 bits per heavy atom. The van der Waals surface area contributed by atoms with Crippen molar-refractivity contribution in [2.24, 2.45) is 0 Å². The van der Waals surface area contributed by atoms with Crippen molar-refractivity contribution in [2.45, 2.75) is 13.3 Å². The first-order valence-electron chi connectivity index (χ1n) is 13.3. The molecule has 1 aliphatic heterocycles. The van der Waals surface area contributed by atoms with Gasteiger partial charge < -0.3 is 10.2 Å². The van der Waals surface area contributed by atoms with Gasteiger partial charge in [0.2, 0.25) is 0 Å². The first kappa shape index (κ1) is 25.7. The predicted molar refractivity (Wildman–Crippen MR) is 161 cm³/mol. The molecule has 0 spiro atoms. The quantitative estimate of drug-likeness (QED) is 0.261. The zero-order valence-corrected chi connectivity index (χ0v) is 23.2. The molecule has 1 aliphatic rings. The number of para-hydroxylation sites is 2. The first-order valence-corrected chi connectivity index (χ1v) is 14.2. The summed E-state index contributed by atoms with van der Waals surface area (Å²) in [6.07, 6.45) is 3.87. The Morgan fingerprint density at radius 3 is 2.71 bits per heavy atom. The number of imidazole rings is 1.